The summed E-state index contributed by atoms with van der Waals surface area (Å²) < 4.78 is 0. The van der Waals surface area contributed by atoms with E-state index in [0.717, 1.165) is 19.6 Å². The average Bonchev–Trinajstić information content (AvgIpc) is 2.48. The molecule has 2 rings (SSSR count). The average molecular weight is 258 g/mol. The van der Waals surface area contributed by atoms with E-state index in [1.54, 1.807) is 0 Å². The van der Waals surface area contributed by atoms with Gasteiger partial charge in [0.15, 0.2) is 0 Å². The van der Waals surface area contributed by atoms with Crippen molar-refractivity contribution in [1.82, 2.24) is 10.2 Å². The molecule has 0 saturated carbocycles. The van der Waals surface area contributed by atoms with Crippen molar-refractivity contribution in [3.05, 3.63) is 48.6 Å². The van der Waals surface area contributed by atoms with E-state index in [2.05, 4.69) is 61.0 Å². The fourth-order valence-corrected chi connectivity index (χ4v) is 3.08. The molecule has 19 heavy (non-hydrogen) atoms. The fourth-order valence-electron chi connectivity index (χ4n) is 3.08. The molecule has 0 bridgehead atoms. The van der Waals surface area contributed by atoms with Crippen LogP contribution in [-0.4, -0.2) is 30.1 Å². The summed E-state index contributed by atoms with van der Waals surface area (Å²) >= 11 is 0. The molecule has 0 spiro atoms. The molecule has 0 aliphatic carbocycles. The first-order valence-corrected chi connectivity index (χ1v) is 7.39. The minimum atomic E-state index is 0.272. The summed E-state index contributed by atoms with van der Waals surface area (Å²) in [6.07, 6.45) is 4.38. The van der Waals surface area contributed by atoms with Gasteiger partial charge in [0, 0.05) is 31.2 Å². The van der Waals surface area contributed by atoms with Crippen LogP contribution >= 0.6 is 0 Å². The van der Waals surface area contributed by atoms with Crippen molar-refractivity contribution in [2.24, 2.45) is 0 Å². The zero-order valence-electron chi connectivity index (χ0n) is 12.2. The highest BCUT2D eigenvalue weighted by atomic mass is 15.2. The summed E-state index contributed by atoms with van der Waals surface area (Å²) in [5.41, 5.74) is 1.67. The van der Waals surface area contributed by atoms with Crippen LogP contribution in [0.15, 0.2) is 43.0 Å². The molecular formula is C17H26N2. The highest BCUT2D eigenvalue weighted by Crippen LogP contribution is 2.30. The van der Waals surface area contributed by atoms with Crippen LogP contribution in [0.5, 0.6) is 0 Å². The molecule has 1 aliphatic heterocycles. The third-order valence-corrected chi connectivity index (χ3v) is 4.52. The first kappa shape index (κ1) is 14.3. The molecule has 0 amide bonds. The number of nitrogens with zero attached hydrogens (tertiary/aromatic N) is 1. The molecule has 1 aliphatic rings. The van der Waals surface area contributed by atoms with Crippen LogP contribution in [0.4, 0.5) is 0 Å². The molecule has 1 aromatic carbocycles. The van der Waals surface area contributed by atoms with E-state index in [1.165, 1.54) is 18.4 Å². The number of hydrogen-bond acceptors (Lipinski definition) is 2. The van der Waals surface area contributed by atoms with E-state index >= 15 is 0 Å². The lowest BCUT2D eigenvalue weighted by Gasteiger charge is -2.47. The Morgan fingerprint density at radius 2 is 2.00 bits per heavy atom. The predicted octanol–water partition coefficient (Wildman–Crippen LogP) is 3.38. The highest BCUT2D eigenvalue weighted by Gasteiger charge is 2.36. The summed E-state index contributed by atoms with van der Waals surface area (Å²) in [5, 5.41) is 3.79. The maximum Gasteiger partial charge on any atom is 0.0476 e. The normalized spacial score (nSPS) is 23.2. The molecule has 0 radical (unpaired) electrons. The van der Waals surface area contributed by atoms with Gasteiger partial charge in [-0.25, -0.2) is 0 Å². The van der Waals surface area contributed by atoms with Crippen molar-refractivity contribution < 1.29 is 0 Å². The van der Waals surface area contributed by atoms with Gasteiger partial charge in [-0.1, -0.05) is 50.3 Å². The minimum Gasteiger partial charge on any atom is -0.308 e. The van der Waals surface area contributed by atoms with E-state index in [4.69, 9.17) is 0 Å². The molecular weight excluding hydrogens is 232 g/mol. The Morgan fingerprint density at radius 3 is 2.58 bits per heavy atom. The number of piperazine rings is 1. The molecule has 0 aromatic heterocycles. The van der Waals surface area contributed by atoms with Gasteiger partial charge in [-0.05, 0) is 18.4 Å². The number of hydrogen-bond donors (Lipinski definition) is 1. The lowest BCUT2D eigenvalue weighted by atomic mass is 9.87. The first-order chi connectivity index (χ1) is 9.24. The molecule has 1 atom stereocenters. The van der Waals surface area contributed by atoms with E-state index in [0.29, 0.717) is 6.04 Å². The molecule has 104 valence electrons. The maximum absolute atomic E-state index is 3.92. The Labute approximate surface area is 117 Å². The van der Waals surface area contributed by atoms with Crippen LogP contribution in [0, 0.1) is 0 Å². The van der Waals surface area contributed by atoms with Crippen molar-refractivity contribution in [2.75, 3.05) is 19.6 Å². The summed E-state index contributed by atoms with van der Waals surface area (Å²) in [6, 6.07) is 11.3. The van der Waals surface area contributed by atoms with Crippen LogP contribution in [-0.2, 0) is 0 Å². The van der Waals surface area contributed by atoms with Crippen LogP contribution in [0.3, 0.4) is 0 Å². The van der Waals surface area contributed by atoms with Gasteiger partial charge in [-0.3, -0.25) is 4.90 Å². The van der Waals surface area contributed by atoms with Gasteiger partial charge < -0.3 is 5.32 Å². The number of benzene rings is 1. The van der Waals surface area contributed by atoms with Gasteiger partial charge >= 0.3 is 0 Å². The number of nitrogens with one attached hydrogen (secondary N) is 1. The molecule has 1 fully saturated rings. The lowest BCUT2D eigenvalue weighted by Crippen LogP contribution is -2.60. The Morgan fingerprint density at radius 1 is 1.32 bits per heavy atom. The largest absolute Gasteiger partial charge is 0.308 e. The van der Waals surface area contributed by atoms with Crippen molar-refractivity contribution in [1.29, 1.82) is 0 Å². The second-order valence-corrected chi connectivity index (χ2v) is 5.51. The molecule has 2 heteroatoms. The smallest absolute Gasteiger partial charge is 0.0476 e. The third-order valence-electron chi connectivity index (χ3n) is 4.52. The van der Waals surface area contributed by atoms with Crippen molar-refractivity contribution in [3.63, 3.8) is 0 Å². The van der Waals surface area contributed by atoms with E-state index in [1.807, 2.05) is 6.08 Å². The Bertz CT molecular complexity index is 395. The quantitative estimate of drug-likeness (QED) is 0.815. The zero-order valence-corrected chi connectivity index (χ0v) is 12.2. The van der Waals surface area contributed by atoms with Gasteiger partial charge in [0.25, 0.3) is 0 Å². The molecule has 1 N–H and O–H groups in total. The van der Waals surface area contributed by atoms with Crippen LogP contribution in [0.1, 0.15) is 38.3 Å². The Balaban J connectivity index is 2.19. The third kappa shape index (κ3) is 3.07. The van der Waals surface area contributed by atoms with Crippen LogP contribution in [0.2, 0.25) is 0 Å². The van der Waals surface area contributed by atoms with Gasteiger partial charge in [-0.15, -0.1) is 6.58 Å². The van der Waals surface area contributed by atoms with Crippen molar-refractivity contribution in [3.8, 4) is 0 Å². The molecule has 1 unspecified atom stereocenters. The molecule has 1 aromatic rings. The number of rotatable bonds is 5. The van der Waals surface area contributed by atoms with Crippen LogP contribution in [0.25, 0.3) is 0 Å². The Kier molecular flexibility index (Phi) is 4.78. The molecule has 1 saturated heterocycles. The van der Waals surface area contributed by atoms with Gasteiger partial charge in [-0.2, -0.15) is 0 Å². The summed E-state index contributed by atoms with van der Waals surface area (Å²) in [5.74, 6) is 0. The summed E-state index contributed by atoms with van der Waals surface area (Å²) in [4.78, 5) is 2.56. The Hall–Kier alpha value is -1.12. The molecule has 1 heterocycles. The lowest BCUT2D eigenvalue weighted by molar-refractivity contribution is 0.0828. The minimum absolute atomic E-state index is 0.272. The monoisotopic (exact) mass is 258 g/mol. The van der Waals surface area contributed by atoms with Gasteiger partial charge in [0.05, 0.1) is 0 Å². The molecule has 2 nitrogen and oxygen atoms in total. The van der Waals surface area contributed by atoms with E-state index in [9.17, 15) is 0 Å². The fraction of sp³-hybridized carbons (Fsp3) is 0.529. The van der Waals surface area contributed by atoms with Gasteiger partial charge in [0.2, 0.25) is 0 Å². The second kappa shape index (κ2) is 6.36. The summed E-state index contributed by atoms with van der Waals surface area (Å²) in [6.45, 7) is 11.6. The predicted molar refractivity (Wildman–Crippen MR) is 82.3 cm³/mol. The van der Waals surface area contributed by atoms with Gasteiger partial charge in [0.1, 0.15) is 0 Å². The van der Waals surface area contributed by atoms with Crippen molar-refractivity contribution in [2.45, 2.75) is 38.3 Å². The van der Waals surface area contributed by atoms with E-state index in [-0.39, 0.29) is 5.54 Å². The zero-order chi connectivity index (χ0) is 13.7. The summed E-state index contributed by atoms with van der Waals surface area (Å²) in [7, 11) is 0. The SMILES string of the molecule is C=CCN1CC(CC)(CC)NCC1c1ccccc1. The second-order valence-electron chi connectivity index (χ2n) is 5.51. The topological polar surface area (TPSA) is 15.3 Å². The maximum atomic E-state index is 3.92. The van der Waals surface area contributed by atoms with E-state index < -0.39 is 0 Å². The van der Waals surface area contributed by atoms with Crippen LogP contribution < -0.4 is 5.32 Å². The van der Waals surface area contributed by atoms with Crippen molar-refractivity contribution >= 4 is 0 Å². The first-order valence-electron chi connectivity index (χ1n) is 7.39. The standard InChI is InChI=1S/C17H26N2/c1-4-12-19-14-17(5-2,6-3)18-13-16(19)15-10-8-7-9-11-15/h4,7-11,16,18H,1,5-6,12-14H2,2-3H3. The highest BCUT2D eigenvalue weighted by molar-refractivity contribution is 5.21.